The van der Waals surface area contributed by atoms with Gasteiger partial charge in [0.2, 0.25) is 0 Å². The van der Waals surface area contributed by atoms with Gasteiger partial charge in [-0.15, -0.1) is 0 Å². The van der Waals surface area contributed by atoms with Gasteiger partial charge in [0, 0.05) is 18.8 Å². The average Bonchev–Trinajstić information content (AvgIpc) is 2.46. The van der Waals surface area contributed by atoms with E-state index < -0.39 is 5.97 Å². The Kier molecular flexibility index (Phi) is 5.05. The highest BCUT2D eigenvalue weighted by molar-refractivity contribution is 6.33. The number of benzene rings is 1. The summed E-state index contributed by atoms with van der Waals surface area (Å²) in [6.45, 7) is 2.50. The van der Waals surface area contributed by atoms with Crippen LogP contribution in [0.3, 0.4) is 0 Å². The van der Waals surface area contributed by atoms with Crippen LogP contribution < -0.4 is 5.32 Å². The number of halogens is 1. The minimum atomic E-state index is -0.422. The molecule has 0 bridgehead atoms. The highest BCUT2D eigenvalue weighted by Gasteiger charge is 2.15. The third-order valence-electron chi connectivity index (χ3n) is 3.22. The van der Waals surface area contributed by atoms with Gasteiger partial charge in [0.25, 0.3) is 0 Å². The molecule has 19 heavy (non-hydrogen) atoms. The number of hydrogen-bond donors (Lipinski definition) is 1. The average molecular weight is 284 g/mol. The fraction of sp³-hybridized carbons (Fsp3) is 0.500. The maximum atomic E-state index is 11.5. The van der Waals surface area contributed by atoms with Gasteiger partial charge >= 0.3 is 5.97 Å². The van der Waals surface area contributed by atoms with Gasteiger partial charge in [-0.25, -0.2) is 4.79 Å². The molecule has 0 amide bonds. The van der Waals surface area contributed by atoms with E-state index in [0.717, 1.165) is 31.9 Å². The Hall–Kier alpha value is -1.26. The first kappa shape index (κ1) is 14.2. The van der Waals surface area contributed by atoms with E-state index in [0.29, 0.717) is 16.5 Å². The lowest BCUT2D eigenvalue weighted by atomic mass is 10.0. The summed E-state index contributed by atoms with van der Waals surface area (Å²) in [4.78, 5) is 11.5. The van der Waals surface area contributed by atoms with Crippen molar-refractivity contribution in [2.45, 2.75) is 12.8 Å². The Morgan fingerprint density at radius 3 is 3.11 bits per heavy atom. The smallest absolute Gasteiger partial charge is 0.339 e. The standard InChI is InChI=1S/C14H18ClNO3/c1-18-14(17)12-7-11(4-5-13(12)15)16-8-10-3-2-6-19-9-10/h4-5,7,10,16H,2-3,6,8-9H2,1H3. The van der Waals surface area contributed by atoms with E-state index in [1.54, 1.807) is 12.1 Å². The molecule has 2 rings (SSSR count). The van der Waals surface area contributed by atoms with Crippen LogP contribution in [0.2, 0.25) is 5.02 Å². The molecule has 1 heterocycles. The Morgan fingerprint density at radius 1 is 1.58 bits per heavy atom. The van der Waals surface area contributed by atoms with Crippen molar-refractivity contribution in [3.8, 4) is 0 Å². The van der Waals surface area contributed by atoms with Crippen LogP contribution >= 0.6 is 11.6 Å². The van der Waals surface area contributed by atoms with E-state index in [-0.39, 0.29) is 0 Å². The van der Waals surface area contributed by atoms with E-state index in [1.165, 1.54) is 13.5 Å². The predicted molar refractivity (Wildman–Crippen MR) is 74.8 cm³/mol. The number of anilines is 1. The molecule has 1 aliphatic rings. The summed E-state index contributed by atoms with van der Waals surface area (Å²) in [5.41, 5.74) is 1.25. The molecular formula is C14H18ClNO3. The normalized spacial score (nSPS) is 18.9. The lowest BCUT2D eigenvalue weighted by Gasteiger charge is -2.22. The van der Waals surface area contributed by atoms with Gasteiger partial charge < -0.3 is 14.8 Å². The molecule has 104 valence electrons. The Labute approximate surface area is 118 Å². The summed E-state index contributed by atoms with van der Waals surface area (Å²) in [5, 5.41) is 3.72. The third kappa shape index (κ3) is 3.85. The number of ether oxygens (including phenoxy) is 2. The van der Waals surface area contributed by atoms with E-state index in [2.05, 4.69) is 5.32 Å². The molecule has 1 fully saturated rings. The Balaban J connectivity index is 1.98. The number of methoxy groups -OCH3 is 1. The molecule has 0 saturated carbocycles. The van der Waals surface area contributed by atoms with E-state index in [1.807, 2.05) is 6.07 Å². The van der Waals surface area contributed by atoms with Gasteiger partial charge in [-0.2, -0.15) is 0 Å². The molecule has 0 radical (unpaired) electrons. The van der Waals surface area contributed by atoms with Crippen molar-refractivity contribution < 1.29 is 14.3 Å². The predicted octanol–water partition coefficient (Wildman–Crippen LogP) is 2.97. The van der Waals surface area contributed by atoms with Crippen LogP contribution in [0.5, 0.6) is 0 Å². The van der Waals surface area contributed by atoms with Crippen molar-refractivity contribution in [1.29, 1.82) is 0 Å². The van der Waals surface area contributed by atoms with Crippen molar-refractivity contribution in [3.63, 3.8) is 0 Å². The van der Waals surface area contributed by atoms with Crippen LogP contribution in [0, 0.1) is 5.92 Å². The molecule has 1 aromatic rings. The third-order valence-corrected chi connectivity index (χ3v) is 3.55. The number of carbonyl (C=O) groups excluding carboxylic acids is 1. The summed E-state index contributed by atoms with van der Waals surface area (Å²) in [5.74, 6) is 0.0978. The number of esters is 1. The maximum absolute atomic E-state index is 11.5. The zero-order valence-corrected chi connectivity index (χ0v) is 11.7. The summed E-state index contributed by atoms with van der Waals surface area (Å²) >= 11 is 5.97. The van der Waals surface area contributed by atoms with Crippen molar-refractivity contribution in [2.75, 3.05) is 32.2 Å². The molecule has 0 aliphatic carbocycles. The Morgan fingerprint density at radius 2 is 2.42 bits per heavy atom. The summed E-state index contributed by atoms with van der Waals surface area (Å²) in [7, 11) is 1.35. The van der Waals surface area contributed by atoms with Gasteiger partial charge in [0.1, 0.15) is 0 Å². The number of rotatable bonds is 4. The van der Waals surface area contributed by atoms with Crippen LogP contribution in [0.15, 0.2) is 18.2 Å². The number of nitrogens with one attached hydrogen (secondary N) is 1. The topological polar surface area (TPSA) is 47.6 Å². The fourth-order valence-corrected chi connectivity index (χ4v) is 2.33. The van der Waals surface area contributed by atoms with Gasteiger partial charge in [-0.3, -0.25) is 0 Å². The lowest BCUT2D eigenvalue weighted by Crippen LogP contribution is -2.24. The van der Waals surface area contributed by atoms with Crippen molar-refractivity contribution in [3.05, 3.63) is 28.8 Å². The van der Waals surface area contributed by atoms with E-state index in [4.69, 9.17) is 21.1 Å². The number of carbonyl (C=O) groups is 1. The largest absolute Gasteiger partial charge is 0.465 e. The van der Waals surface area contributed by atoms with Crippen LogP contribution in [-0.2, 0) is 9.47 Å². The van der Waals surface area contributed by atoms with Crippen molar-refractivity contribution in [1.82, 2.24) is 0 Å². The second kappa shape index (κ2) is 6.78. The van der Waals surface area contributed by atoms with E-state index >= 15 is 0 Å². The van der Waals surface area contributed by atoms with E-state index in [9.17, 15) is 4.79 Å². The summed E-state index contributed by atoms with van der Waals surface area (Å²) in [6.07, 6.45) is 2.28. The second-order valence-electron chi connectivity index (χ2n) is 4.65. The summed E-state index contributed by atoms with van der Waals surface area (Å²) < 4.78 is 10.1. The first-order chi connectivity index (χ1) is 9.20. The molecule has 1 saturated heterocycles. The summed E-state index contributed by atoms with van der Waals surface area (Å²) in [6, 6.07) is 5.28. The highest BCUT2D eigenvalue weighted by atomic mass is 35.5. The van der Waals surface area contributed by atoms with Crippen LogP contribution in [0.25, 0.3) is 0 Å². The molecule has 1 unspecified atom stereocenters. The highest BCUT2D eigenvalue weighted by Crippen LogP contribution is 2.22. The van der Waals surface area contributed by atoms with Gasteiger partial charge in [0.05, 0.1) is 24.3 Å². The molecule has 1 atom stereocenters. The zero-order valence-electron chi connectivity index (χ0n) is 10.9. The molecule has 0 aromatic heterocycles. The number of hydrogen-bond acceptors (Lipinski definition) is 4. The minimum Gasteiger partial charge on any atom is -0.465 e. The fourth-order valence-electron chi connectivity index (χ4n) is 2.13. The monoisotopic (exact) mass is 283 g/mol. The molecule has 0 spiro atoms. The van der Waals surface area contributed by atoms with Crippen molar-refractivity contribution >= 4 is 23.3 Å². The van der Waals surface area contributed by atoms with Gasteiger partial charge in [0.15, 0.2) is 0 Å². The van der Waals surface area contributed by atoms with Crippen LogP contribution in [0.4, 0.5) is 5.69 Å². The first-order valence-electron chi connectivity index (χ1n) is 6.40. The molecule has 1 aromatic carbocycles. The van der Waals surface area contributed by atoms with Crippen LogP contribution in [-0.4, -0.2) is 32.8 Å². The maximum Gasteiger partial charge on any atom is 0.339 e. The quantitative estimate of drug-likeness (QED) is 0.863. The molecule has 1 aliphatic heterocycles. The van der Waals surface area contributed by atoms with Crippen LogP contribution in [0.1, 0.15) is 23.2 Å². The zero-order chi connectivity index (χ0) is 13.7. The molecule has 5 heteroatoms. The Bertz CT molecular complexity index is 444. The molecular weight excluding hydrogens is 266 g/mol. The van der Waals surface area contributed by atoms with Crippen molar-refractivity contribution in [2.24, 2.45) is 5.92 Å². The lowest BCUT2D eigenvalue weighted by molar-refractivity contribution is 0.0593. The molecule has 4 nitrogen and oxygen atoms in total. The second-order valence-corrected chi connectivity index (χ2v) is 5.06. The first-order valence-corrected chi connectivity index (χ1v) is 6.78. The molecule has 1 N–H and O–H groups in total. The van der Waals surface area contributed by atoms with Gasteiger partial charge in [-0.1, -0.05) is 11.6 Å². The van der Waals surface area contributed by atoms with Gasteiger partial charge in [-0.05, 0) is 37.0 Å². The SMILES string of the molecule is COC(=O)c1cc(NCC2CCCOC2)ccc1Cl. The minimum absolute atomic E-state index is 0.383.